The lowest BCUT2D eigenvalue weighted by molar-refractivity contribution is 0.0946. The topological polar surface area (TPSA) is 38.3 Å². The maximum Gasteiger partial charge on any atom is 0.252 e. The Bertz CT molecular complexity index is 640. The molecule has 3 nitrogen and oxygen atoms in total. The van der Waals surface area contributed by atoms with Crippen molar-refractivity contribution in [2.75, 3.05) is 13.2 Å². The molecule has 0 radical (unpaired) electrons. The van der Waals surface area contributed by atoms with Crippen LogP contribution in [0, 0.1) is 13.8 Å². The number of amides is 1. The quantitative estimate of drug-likeness (QED) is 0.833. The highest BCUT2D eigenvalue weighted by Crippen LogP contribution is 2.17. The summed E-state index contributed by atoms with van der Waals surface area (Å²) < 4.78 is 6.42. The van der Waals surface area contributed by atoms with Gasteiger partial charge in [-0.25, -0.2) is 0 Å². The Hall–Kier alpha value is -1.81. The van der Waals surface area contributed by atoms with Crippen molar-refractivity contribution in [1.82, 2.24) is 5.32 Å². The fourth-order valence-electron chi connectivity index (χ4n) is 1.88. The van der Waals surface area contributed by atoms with Gasteiger partial charge in [0.2, 0.25) is 0 Å². The molecule has 0 aliphatic carbocycles. The zero-order valence-corrected chi connectivity index (χ0v) is 13.7. The summed E-state index contributed by atoms with van der Waals surface area (Å²) in [5.74, 6) is 0.722. The molecule has 2 aromatic carbocycles. The van der Waals surface area contributed by atoms with Gasteiger partial charge in [0, 0.05) is 4.47 Å². The first-order valence-corrected chi connectivity index (χ1v) is 7.60. The van der Waals surface area contributed by atoms with Gasteiger partial charge >= 0.3 is 0 Å². The number of carbonyl (C=O) groups is 1. The van der Waals surface area contributed by atoms with E-state index in [0.717, 1.165) is 10.2 Å². The third-order valence-electron chi connectivity index (χ3n) is 3.25. The van der Waals surface area contributed by atoms with Crippen LogP contribution in [0.3, 0.4) is 0 Å². The van der Waals surface area contributed by atoms with Crippen LogP contribution in [0.4, 0.5) is 0 Å². The van der Waals surface area contributed by atoms with Crippen molar-refractivity contribution in [3.05, 3.63) is 63.6 Å². The van der Waals surface area contributed by atoms with E-state index in [1.807, 2.05) is 36.4 Å². The molecule has 0 aliphatic rings. The van der Waals surface area contributed by atoms with Gasteiger partial charge in [-0.2, -0.15) is 0 Å². The average molecular weight is 348 g/mol. The second kappa shape index (κ2) is 7.27. The van der Waals surface area contributed by atoms with Crippen LogP contribution in [-0.2, 0) is 0 Å². The lowest BCUT2D eigenvalue weighted by Gasteiger charge is -2.10. The van der Waals surface area contributed by atoms with Crippen LogP contribution < -0.4 is 10.1 Å². The predicted molar refractivity (Wildman–Crippen MR) is 87.9 cm³/mol. The lowest BCUT2D eigenvalue weighted by Crippen LogP contribution is -2.28. The van der Waals surface area contributed by atoms with Crippen LogP contribution in [0.1, 0.15) is 21.5 Å². The zero-order valence-electron chi connectivity index (χ0n) is 12.2. The van der Waals surface area contributed by atoms with Crippen molar-refractivity contribution in [2.24, 2.45) is 0 Å². The molecule has 2 aromatic rings. The summed E-state index contributed by atoms with van der Waals surface area (Å²) >= 11 is 3.37. The van der Waals surface area contributed by atoms with Crippen LogP contribution in [0.15, 0.2) is 46.9 Å². The van der Waals surface area contributed by atoms with Crippen molar-refractivity contribution >= 4 is 21.8 Å². The van der Waals surface area contributed by atoms with Gasteiger partial charge in [-0.3, -0.25) is 4.79 Å². The molecule has 0 aromatic heterocycles. The molecule has 0 heterocycles. The van der Waals surface area contributed by atoms with E-state index in [9.17, 15) is 4.79 Å². The molecule has 0 fully saturated rings. The number of hydrogen-bond donors (Lipinski definition) is 1. The molecule has 4 heteroatoms. The zero-order chi connectivity index (χ0) is 15.2. The smallest absolute Gasteiger partial charge is 0.252 e. The second-order valence-electron chi connectivity index (χ2n) is 4.83. The largest absolute Gasteiger partial charge is 0.492 e. The molecule has 21 heavy (non-hydrogen) atoms. The van der Waals surface area contributed by atoms with E-state index < -0.39 is 0 Å². The molecular weight excluding hydrogens is 330 g/mol. The van der Waals surface area contributed by atoms with E-state index in [0.29, 0.717) is 18.7 Å². The Morgan fingerprint density at radius 3 is 2.62 bits per heavy atom. The molecule has 2 rings (SSSR count). The average Bonchev–Trinajstić information content (AvgIpc) is 2.47. The SMILES string of the molecule is Cc1ccc(OCCNC(=O)c2ccccc2Br)cc1C. The summed E-state index contributed by atoms with van der Waals surface area (Å²) in [6, 6.07) is 13.3. The summed E-state index contributed by atoms with van der Waals surface area (Å²) in [5, 5.41) is 2.84. The number of hydrogen-bond acceptors (Lipinski definition) is 2. The summed E-state index contributed by atoms with van der Waals surface area (Å²) in [7, 11) is 0. The molecule has 1 N–H and O–H groups in total. The molecule has 0 saturated heterocycles. The number of ether oxygens (including phenoxy) is 1. The van der Waals surface area contributed by atoms with Gasteiger partial charge in [0.05, 0.1) is 12.1 Å². The van der Waals surface area contributed by atoms with Crippen molar-refractivity contribution in [3.63, 3.8) is 0 Å². The Morgan fingerprint density at radius 1 is 1.14 bits per heavy atom. The Kier molecular flexibility index (Phi) is 5.39. The summed E-state index contributed by atoms with van der Waals surface area (Å²) in [6.45, 7) is 5.03. The second-order valence-corrected chi connectivity index (χ2v) is 5.68. The summed E-state index contributed by atoms with van der Waals surface area (Å²) in [5.41, 5.74) is 3.07. The van der Waals surface area contributed by atoms with Gasteiger partial charge in [-0.1, -0.05) is 18.2 Å². The maximum absolute atomic E-state index is 12.0. The number of carbonyl (C=O) groups excluding carboxylic acids is 1. The van der Waals surface area contributed by atoms with Crippen LogP contribution >= 0.6 is 15.9 Å². The van der Waals surface area contributed by atoms with E-state index in [-0.39, 0.29) is 5.91 Å². The first kappa shape index (κ1) is 15.6. The minimum absolute atomic E-state index is 0.105. The third-order valence-corrected chi connectivity index (χ3v) is 3.94. The van der Waals surface area contributed by atoms with Crippen LogP contribution in [0.2, 0.25) is 0 Å². The van der Waals surface area contributed by atoms with Gasteiger partial charge in [-0.15, -0.1) is 0 Å². The van der Waals surface area contributed by atoms with Gasteiger partial charge < -0.3 is 10.1 Å². The third kappa shape index (κ3) is 4.33. The van der Waals surface area contributed by atoms with Crippen molar-refractivity contribution in [3.8, 4) is 5.75 Å². The van der Waals surface area contributed by atoms with E-state index in [1.54, 1.807) is 6.07 Å². The molecule has 0 atom stereocenters. The first-order chi connectivity index (χ1) is 10.1. The van der Waals surface area contributed by atoms with E-state index in [2.05, 4.69) is 35.1 Å². The molecule has 0 saturated carbocycles. The summed E-state index contributed by atoms with van der Waals surface area (Å²) in [6.07, 6.45) is 0. The molecule has 1 amide bonds. The Morgan fingerprint density at radius 2 is 1.90 bits per heavy atom. The Labute approximate surface area is 133 Å². The van der Waals surface area contributed by atoms with E-state index in [4.69, 9.17) is 4.74 Å². The highest BCUT2D eigenvalue weighted by Gasteiger charge is 2.08. The van der Waals surface area contributed by atoms with Crippen LogP contribution in [-0.4, -0.2) is 19.1 Å². The van der Waals surface area contributed by atoms with E-state index in [1.165, 1.54) is 11.1 Å². The van der Waals surface area contributed by atoms with Gasteiger partial charge in [0.25, 0.3) is 5.91 Å². The Balaban J connectivity index is 1.81. The fraction of sp³-hybridized carbons (Fsp3) is 0.235. The number of nitrogens with one attached hydrogen (secondary N) is 1. The normalized spacial score (nSPS) is 10.2. The number of benzene rings is 2. The van der Waals surface area contributed by atoms with Crippen molar-refractivity contribution in [2.45, 2.75) is 13.8 Å². The number of halogens is 1. The van der Waals surface area contributed by atoms with Gasteiger partial charge in [-0.05, 0) is 65.2 Å². The fourth-order valence-corrected chi connectivity index (χ4v) is 2.34. The molecule has 110 valence electrons. The maximum atomic E-state index is 12.0. The molecular formula is C17H18BrNO2. The van der Waals surface area contributed by atoms with Gasteiger partial charge in [0.15, 0.2) is 0 Å². The van der Waals surface area contributed by atoms with E-state index >= 15 is 0 Å². The molecule has 0 bridgehead atoms. The highest BCUT2D eigenvalue weighted by atomic mass is 79.9. The van der Waals surface area contributed by atoms with Crippen LogP contribution in [0.25, 0.3) is 0 Å². The minimum atomic E-state index is -0.105. The van der Waals surface area contributed by atoms with Crippen molar-refractivity contribution < 1.29 is 9.53 Å². The monoisotopic (exact) mass is 347 g/mol. The standard InChI is InChI=1S/C17H18BrNO2/c1-12-7-8-14(11-13(12)2)21-10-9-19-17(20)15-5-3-4-6-16(15)18/h3-8,11H,9-10H2,1-2H3,(H,19,20). The number of aryl methyl sites for hydroxylation is 2. The first-order valence-electron chi connectivity index (χ1n) is 6.80. The van der Waals surface area contributed by atoms with Crippen LogP contribution in [0.5, 0.6) is 5.75 Å². The molecule has 0 spiro atoms. The number of rotatable bonds is 5. The highest BCUT2D eigenvalue weighted by molar-refractivity contribution is 9.10. The van der Waals surface area contributed by atoms with Crippen molar-refractivity contribution in [1.29, 1.82) is 0 Å². The molecule has 0 unspecified atom stereocenters. The minimum Gasteiger partial charge on any atom is -0.492 e. The molecule has 0 aliphatic heterocycles. The lowest BCUT2D eigenvalue weighted by atomic mass is 10.1. The van der Waals surface area contributed by atoms with Gasteiger partial charge in [0.1, 0.15) is 12.4 Å². The predicted octanol–water partition coefficient (Wildman–Crippen LogP) is 3.87. The summed E-state index contributed by atoms with van der Waals surface area (Å²) in [4.78, 5) is 12.0.